The van der Waals surface area contributed by atoms with Crippen LogP contribution < -0.4 is 4.74 Å². The van der Waals surface area contributed by atoms with Crippen molar-refractivity contribution < 1.29 is 4.74 Å². The molecule has 0 aliphatic carbocycles. The van der Waals surface area contributed by atoms with E-state index in [9.17, 15) is 0 Å². The van der Waals surface area contributed by atoms with Gasteiger partial charge in [-0.15, -0.1) is 5.11 Å². The molecule has 0 N–H and O–H groups in total. The SMILES string of the molecule is CCN1C(=S)N=NC1C(C)Oc1cccc(C)c1. The molecule has 0 saturated heterocycles. The Hall–Kier alpha value is -1.49. The highest BCUT2D eigenvalue weighted by atomic mass is 32.1. The van der Waals surface area contributed by atoms with Gasteiger partial charge in [0.25, 0.3) is 0 Å². The monoisotopic (exact) mass is 263 g/mol. The number of likely N-dealkylation sites (N-methyl/N-ethyl adjacent to an activating group) is 1. The van der Waals surface area contributed by atoms with Gasteiger partial charge in [0.1, 0.15) is 11.9 Å². The first kappa shape index (κ1) is 13.0. The Bertz CT molecular complexity index is 475. The van der Waals surface area contributed by atoms with Gasteiger partial charge in [-0.2, -0.15) is 5.11 Å². The zero-order chi connectivity index (χ0) is 13.1. The van der Waals surface area contributed by atoms with Crippen molar-refractivity contribution in [2.45, 2.75) is 33.0 Å². The number of benzene rings is 1. The summed E-state index contributed by atoms with van der Waals surface area (Å²) in [5.41, 5.74) is 1.18. The molecule has 18 heavy (non-hydrogen) atoms. The quantitative estimate of drug-likeness (QED) is 0.783. The molecule has 1 aliphatic rings. The Kier molecular flexibility index (Phi) is 3.91. The van der Waals surface area contributed by atoms with Gasteiger partial charge in [-0.25, -0.2) is 0 Å². The van der Waals surface area contributed by atoms with Crippen LogP contribution in [0.1, 0.15) is 19.4 Å². The largest absolute Gasteiger partial charge is 0.486 e. The number of hydrogen-bond acceptors (Lipinski definition) is 3. The van der Waals surface area contributed by atoms with Crippen LogP contribution in [0.5, 0.6) is 5.75 Å². The van der Waals surface area contributed by atoms with E-state index in [0.29, 0.717) is 5.11 Å². The molecule has 0 radical (unpaired) electrons. The molecule has 1 aliphatic heterocycles. The first-order chi connectivity index (χ1) is 8.61. The van der Waals surface area contributed by atoms with Gasteiger partial charge < -0.3 is 9.64 Å². The van der Waals surface area contributed by atoms with Crippen molar-refractivity contribution in [3.05, 3.63) is 29.8 Å². The fraction of sp³-hybridized carbons (Fsp3) is 0.462. The molecule has 1 aromatic carbocycles. The number of ether oxygens (including phenoxy) is 1. The Morgan fingerprint density at radius 1 is 1.50 bits per heavy atom. The third-order valence-corrected chi connectivity index (χ3v) is 3.21. The predicted octanol–water partition coefficient (Wildman–Crippen LogP) is 3.16. The Balaban J connectivity index is 2.06. The van der Waals surface area contributed by atoms with Crippen molar-refractivity contribution in [3.63, 3.8) is 0 Å². The topological polar surface area (TPSA) is 37.2 Å². The summed E-state index contributed by atoms with van der Waals surface area (Å²) in [6, 6.07) is 7.98. The molecule has 0 bridgehead atoms. The Morgan fingerprint density at radius 2 is 2.28 bits per heavy atom. The number of rotatable bonds is 4. The van der Waals surface area contributed by atoms with Crippen molar-refractivity contribution >= 4 is 17.3 Å². The molecule has 4 nitrogen and oxygen atoms in total. The van der Waals surface area contributed by atoms with Gasteiger partial charge in [0.05, 0.1) is 0 Å². The van der Waals surface area contributed by atoms with Crippen molar-refractivity contribution in [2.24, 2.45) is 10.2 Å². The van der Waals surface area contributed by atoms with E-state index in [4.69, 9.17) is 17.0 Å². The molecule has 0 amide bonds. The van der Waals surface area contributed by atoms with Gasteiger partial charge in [-0.1, -0.05) is 12.1 Å². The van der Waals surface area contributed by atoms with Crippen LogP contribution in [-0.2, 0) is 0 Å². The van der Waals surface area contributed by atoms with Crippen molar-refractivity contribution in [1.82, 2.24) is 4.90 Å². The van der Waals surface area contributed by atoms with E-state index < -0.39 is 0 Å². The van der Waals surface area contributed by atoms with E-state index in [1.165, 1.54) is 5.56 Å². The molecule has 1 aromatic rings. The van der Waals surface area contributed by atoms with Crippen LogP contribution in [0.4, 0.5) is 0 Å². The summed E-state index contributed by atoms with van der Waals surface area (Å²) < 4.78 is 5.90. The lowest BCUT2D eigenvalue weighted by atomic mass is 10.2. The lowest BCUT2D eigenvalue weighted by Crippen LogP contribution is -2.42. The molecule has 2 atom stereocenters. The van der Waals surface area contributed by atoms with Crippen LogP contribution in [0.3, 0.4) is 0 Å². The van der Waals surface area contributed by atoms with Crippen molar-refractivity contribution in [1.29, 1.82) is 0 Å². The standard InChI is InChI=1S/C13H17N3OS/c1-4-16-12(14-15-13(16)18)10(3)17-11-7-5-6-9(2)8-11/h5-8,10,12H,4H2,1-3H3. The van der Waals surface area contributed by atoms with E-state index in [2.05, 4.69) is 10.2 Å². The zero-order valence-electron chi connectivity index (χ0n) is 10.8. The number of thiocarbonyl (C=S) groups is 1. The molecular formula is C13H17N3OS. The Labute approximate surface area is 113 Å². The second-order valence-electron chi connectivity index (χ2n) is 4.34. The number of nitrogens with zero attached hydrogens (tertiary/aromatic N) is 3. The van der Waals surface area contributed by atoms with Crippen LogP contribution in [0.2, 0.25) is 0 Å². The lowest BCUT2D eigenvalue weighted by molar-refractivity contribution is 0.133. The third-order valence-electron chi connectivity index (χ3n) is 2.90. The summed E-state index contributed by atoms with van der Waals surface area (Å²) in [5, 5.41) is 8.67. The fourth-order valence-electron chi connectivity index (χ4n) is 1.98. The van der Waals surface area contributed by atoms with Crippen LogP contribution in [0.25, 0.3) is 0 Å². The van der Waals surface area contributed by atoms with Crippen LogP contribution >= 0.6 is 12.2 Å². The van der Waals surface area contributed by atoms with E-state index in [0.717, 1.165) is 12.3 Å². The van der Waals surface area contributed by atoms with Crippen LogP contribution in [0.15, 0.2) is 34.5 Å². The molecule has 0 saturated carbocycles. The highest BCUT2D eigenvalue weighted by Crippen LogP contribution is 2.21. The number of hydrogen-bond donors (Lipinski definition) is 0. The van der Waals surface area contributed by atoms with Gasteiger partial charge >= 0.3 is 0 Å². The molecular weight excluding hydrogens is 246 g/mol. The highest BCUT2D eigenvalue weighted by molar-refractivity contribution is 7.80. The smallest absolute Gasteiger partial charge is 0.217 e. The van der Waals surface area contributed by atoms with Crippen LogP contribution in [0, 0.1) is 6.92 Å². The minimum absolute atomic E-state index is 0.0871. The molecule has 2 rings (SSSR count). The molecule has 2 unspecified atom stereocenters. The molecule has 1 heterocycles. The predicted molar refractivity (Wildman–Crippen MR) is 74.9 cm³/mol. The maximum absolute atomic E-state index is 5.90. The maximum Gasteiger partial charge on any atom is 0.217 e. The minimum atomic E-state index is -0.122. The van der Waals surface area contributed by atoms with Crippen LogP contribution in [-0.4, -0.2) is 28.8 Å². The van der Waals surface area contributed by atoms with Gasteiger partial charge in [0.15, 0.2) is 6.17 Å². The van der Waals surface area contributed by atoms with Gasteiger partial charge in [0, 0.05) is 6.54 Å². The maximum atomic E-state index is 5.90. The van der Waals surface area contributed by atoms with Crippen molar-refractivity contribution in [2.75, 3.05) is 6.54 Å². The minimum Gasteiger partial charge on any atom is -0.486 e. The first-order valence-electron chi connectivity index (χ1n) is 6.06. The summed E-state index contributed by atoms with van der Waals surface area (Å²) in [6.07, 6.45) is -0.209. The first-order valence-corrected chi connectivity index (χ1v) is 6.47. The second-order valence-corrected chi connectivity index (χ2v) is 4.70. The van der Waals surface area contributed by atoms with Gasteiger partial charge in [0.2, 0.25) is 5.11 Å². The normalized spacial score (nSPS) is 20.3. The van der Waals surface area contributed by atoms with Crippen molar-refractivity contribution in [3.8, 4) is 5.75 Å². The summed E-state index contributed by atoms with van der Waals surface area (Å²) in [7, 11) is 0. The Morgan fingerprint density at radius 3 is 2.94 bits per heavy atom. The van der Waals surface area contributed by atoms with E-state index in [1.807, 2.05) is 49.9 Å². The molecule has 0 fully saturated rings. The van der Waals surface area contributed by atoms with E-state index in [1.54, 1.807) is 0 Å². The molecule has 5 heteroatoms. The molecule has 96 valence electrons. The zero-order valence-corrected chi connectivity index (χ0v) is 11.6. The average molecular weight is 263 g/mol. The number of aryl methyl sites for hydroxylation is 1. The third kappa shape index (κ3) is 2.67. The van der Waals surface area contributed by atoms with Gasteiger partial charge in [-0.3, -0.25) is 0 Å². The lowest BCUT2D eigenvalue weighted by Gasteiger charge is -2.26. The molecule has 0 aromatic heterocycles. The van der Waals surface area contributed by atoms with E-state index >= 15 is 0 Å². The summed E-state index contributed by atoms with van der Waals surface area (Å²) in [4.78, 5) is 1.97. The summed E-state index contributed by atoms with van der Waals surface area (Å²) in [6.45, 7) is 6.86. The summed E-state index contributed by atoms with van der Waals surface area (Å²) in [5.74, 6) is 0.853. The summed E-state index contributed by atoms with van der Waals surface area (Å²) >= 11 is 5.13. The van der Waals surface area contributed by atoms with Gasteiger partial charge in [-0.05, 0) is 50.7 Å². The highest BCUT2D eigenvalue weighted by Gasteiger charge is 2.31. The molecule has 0 spiro atoms. The number of azo groups is 1. The second kappa shape index (κ2) is 5.44. The fourth-order valence-corrected chi connectivity index (χ4v) is 2.26. The average Bonchev–Trinajstić information content (AvgIpc) is 2.70. The van der Waals surface area contributed by atoms with E-state index in [-0.39, 0.29) is 12.3 Å².